The minimum atomic E-state index is -0.959. The minimum Gasteiger partial charge on any atom is -0.504 e. The van der Waals surface area contributed by atoms with E-state index in [9.17, 15) is 24.9 Å². The van der Waals surface area contributed by atoms with E-state index in [1.165, 1.54) is 0 Å². The van der Waals surface area contributed by atoms with Gasteiger partial charge in [-0.05, 0) is 81.1 Å². The number of allylic oxidation sites excluding steroid dienone is 2. The van der Waals surface area contributed by atoms with Crippen molar-refractivity contribution in [2.45, 2.75) is 59.3 Å². The van der Waals surface area contributed by atoms with Crippen molar-refractivity contribution in [3.63, 3.8) is 0 Å². The summed E-state index contributed by atoms with van der Waals surface area (Å²) in [6.45, 7) is 5.76. The average molecular weight is 360 g/mol. The number of aliphatic hydroxyl groups is 3. The monoisotopic (exact) mass is 360 g/mol. The van der Waals surface area contributed by atoms with Crippen LogP contribution in [0.15, 0.2) is 22.9 Å². The molecule has 0 radical (unpaired) electrons. The zero-order valence-electron chi connectivity index (χ0n) is 15.7. The SMILES string of the molecule is CC(=O)[C@H]1CC[C@H]2[C@@H]3CCC4=C(O)C(O)=C(O)C(=O)[C@]4(C)[C@H]3CC[C@]12C. The summed E-state index contributed by atoms with van der Waals surface area (Å²) in [5, 5.41) is 30.4. The van der Waals surface area contributed by atoms with Gasteiger partial charge in [0.05, 0.1) is 5.41 Å². The van der Waals surface area contributed by atoms with E-state index in [2.05, 4.69) is 6.92 Å². The van der Waals surface area contributed by atoms with Crippen molar-refractivity contribution < 1.29 is 24.9 Å². The lowest BCUT2D eigenvalue weighted by Crippen LogP contribution is -2.54. The Morgan fingerprint density at radius 2 is 1.65 bits per heavy atom. The van der Waals surface area contributed by atoms with Crippen molar-refractivity contribution in [3.8, 4) is 0 Å². The Morgan fingerprint density at radius 3 is 2.31 bits per heavy atom. The van der Waals surface area contributed by atoms with Crippen molar-refractivity contribution in [3.05, 3.63) is 22.9 Å². The highest BCUT2D eigenvalue weighted by Crippen LogP contribution is 2.66. The Labute approximate surface area is 153 Å². The van der Waals surface area contributed by atoms with Gasteiger partial charge in [-0.25, -0.2) is 0 Å². The van der Waals surface area contributed by atoms with E-state index in [1.807, 2.05) is 6.92 Å². The molecule has 5 nitrogen and oxygen atoms in total. The normalized spacial score (nSPS) is 45.3. The van der Waals surface area contributed by atoms with Crippen molar-refractivity contribution in [1.82, 2.24) is 0 Å². The molecule has 3 N–H and O–H groups in total. The van der Waals surface area contributed by atoms with Gasteiger partial charge in [0.2, 0.25) is 17.3 Å². The molecular weight excluding hydrogens is 332 g/mol. The highest BCUT2D eigenvalue weighted by Gasteiger charge is 2.63. The van der Waals surface area contributed by atoms with Crippen molar-refractivity contribution in [2.75, 3.05) is 0 Å². The van der Waals surface area contributed by atoms with Gasteiger partial charge < -0.3 is 15.3 Å². The molecule has 3 saturated carbocycles. The average Bonchev–Trinajstić information content (AvgIpc) is 2.96. The number of fused-ring (bicyclic) bond motifs is 5. The predicted octanol–water partition coefficient (Wildman–Crippen LogP) is 4.16. The summed E-state index contributed by atoms with van der Waals surface area (Å²) in [5.74, 6) is -1.08. The standard InChI is InChI=1S/C21H28O5/c1-10(22)12-6-7-13-11-4-5-15-16(23)17(24)18(25)19(26)21(15,3)14(11)8-9-20(12,13)2/h11-14,23-25H,4-9H2,1-3H3/t11-,12+,13-,14-,20+,21+/m0/s1. The van der Waals surface area contributed by atoms with Crippen LogP contribution in [0.3, 0.4) is 0 Å². The smallest absolute Gasteiger partial charge is 0.211 e. The Balaban J connectivity index is 1.76. The van der Waals surface area contributed by atoms with Crippen LogP contribution >= 0.6 is 0 Å². The molecule has 26 heavy (non-hydrogen) atoms. The van der Waals surface area contributed by atoms with Gasteiger partial charge in [0.1, 0.15) is 5.78 Å². The molecule has 4 aliphatic carbocycles. The van der Waals surface area contributed by atoms with Crippen LogP contribution in [0, 0.1) is 34.5 Å². The van der Waals surface area contributed by atoms with Crippen LogP contribution in [0.5, 0.6) is 0 Å². The topological polar surface area (TPSA) is 94.8 Å². The third-order valence-corrected chi connectivity index (χ3v) is 8.45. The van der Waals surface area contributed by atoms with Gasteiger partial charge in [-0.3, -0.25) is 9.59 Å². The first-order chi connectivity index (χ1) is 12.1. The maximum absolute atomic E-state index is 13.0. The van der Waals surface area contributed by atoms with Crippen LogP contribution in [-0.4, -0.2) is 26.9 Å². The van der Waals surface area contributed by atoms with Gasteiger partial charge in [-0.2, -0.15) is 0 Å². The van der Waals surface area contributed by atoms with Gasteiger partial charge in [-0.1, -0.05) is 6.92 Å². The lowest BCUT2D eigenvalue weighted by atomic mass is 9.46. The lowest BCUT2D eigenvalue weighted by molar-refractivity contribution is -0.139. The van der Waals surface area contributed by atoms with E-state index in [0.29, 0.717) is 23.8 Å². The molecule has 0 aliphatic heterocycles. The number of hydrogen-bond donors (Lipinski definition) is 3. The second-order valence-corrected chi connectivity index (χ2v) is 9.26. The number of carbonyl (C=O) groups is 2. The Kier molecular flexibility index (Phi) is 3.64. The molecule has 0 spiro atoms. The molecule has 0 amide bonds. The number of hydrogen-bond acceptors (Lipinski definition) is 5. The molecular formula is C21H28O5. The first-order valence-electron chi connectivity index (χ1n) is 9.74. The summed E-state index contributed by atoms with van der Waals surface area (Å²) in [4.78, 5) is 25.1. The Hall–Kier alpha value is -1.78. The maximum atomic E-state index is 13.0. The molecule has 0 aromatic carbocycles. The number of carbonyl (C=O) groups excluding carboxylic acids is 2. The zero-order chi connectivity index (χ0) is 19.0. The molecule has 5 heteroatoms. The van der Waals surface area contributed by atoms with Crippen molar-refractivity contribution in [1.29, 1.82) is 0 Å². The minimum absolute atomic E-state index is 0.00956. The third kappa shape index (κ3) is 1.92. The van der Waals surface area contributed by atoms with E-state index in [4.69, 9.17) is 0 Å². The molecule has 3 fully saturated rings. The molecule has 0 bridgehead atoms. The molecule has 4 rings (SSSR count). The highest BCUT2D eigenvalue weighted by molar-refractivity contribution is 6.02. The van der Waals surface area contributed by atoms with Crippen molar-refractivity contribution in [2.24, 2.45) is 34.5 Å². The van der Waals surface area contributed by atoms with E-state index in [1.54, 1.807) is 6.92 Å². The molecule has 0 aromatic heterocycles. The zero-order valence-corrected chi connectivity index (χ0v) is 15.7. The number of Topliss-reactive ketones (excluding diaryl/α,β-unsaturated/α-hetero) is 2. The molecule has 0 unspecified atom stereocenters. The highest BCUT2D eigenvalue weighted by atomic mass is 16.3. The fourth-order valence-electron chi connectivity index (χ4n) is 7.15. The van der Waals surface area contributed by atoms with Gasteiger partial charge in [0.25, 0.3) is 0 Å². The summed E-state index contributed by atoms with van der Waals surface area (Å²) in [6.07, 6.45) is 5.01. The molecule has 0 heterocycles. The molecule has 4 aliphatic rings. The van der Waals surface area contributed by atoms with E-state index in [-0.39, 0.29) is 28.8 Å². The van der Waals surface area contributed by atoms with Gasteiger partial charge in [0.15, 0.2) is 5.76 Å². The quantitative estimate of drug-likeness (QED) is 0.653. The van der Waals surface area contributed by atoms with Crippen LogP contribution in [0.25, 0.3) is 0 Å². The fraction of sp³-hybridized carbons (Fsp3) is 0.714. The Bertz CT molecular complexity index is 762. The summed E-state index contributed by atoms with van der Waals surface area (Å²) in [5.41, 5.74) is -0.396. The number of rotatable bonds is 1. The van der Waals surface area contributed by atoms with Gasteiger partial charge in [-0.15, -0.1) is 0 Å². The second kappa shape index (κ2) is 5.37. The summed E-state index contributed by atoms with van der Waals surface area (Å²) < 4.78 is 0. The van der Waals surface area contributed by atoms with Crippen LogP contribution < -0.4 is 0 Å². The molecule has 142 valence electrons. The summed E-state index contributed by atoms with van der Waals surface area (Å²) >= 11 is 0. The number of ketones is 2. The van der Waals surface area contributed by atoms with Crippen LogP contribution in [-0.2, 0) is 9.59 Å². The fourth-order valence-corrected chi connectivity index (χ4v) is 7.15. The van der Waals surface area contributed by atoms with Crippen LogP contribution in [0.1, 0.15) is 59.3 Å². The largest absolute Gasteiger partial charge is 0.504 e. The predicted molar refractivity (Wildman–Crippen MR) is 95.5 cm³/mol. The van der Waals surface area contributed by atoms with Crippen LogP contribution in [0.2, 0.25) is 0 Å². The first kappa shape index (κ1) is 17.6. The Morgan fingerprint density at radius 1 is 0.962 bits per heavy atom. The van der Waals surface area contributed by atoms with Gasteiger partial charge in [0, 0.05) is 5.92 Å². The number of aliphatic hydroxyl groups excluding tert-OH is 3. The van der Waals surface area contributed by atoms with Crippen LogP contribution in [0.4, 0.5) is 0 Å². The first-order valence-corrected chi connectivity index (χ1v) is 9.74. The molecule has 6 atom stereocenters. The molecule has 0 aromatic rings. The maximum Gasteiger partial charge on any atom is 0.211 e. The van der Waals surface area contributed by atoms with Crippen molar-refractivity contribution >= 4 is 11.6 Å². The summed E-state index contributed by atoms with van der Waals surface area (Å²) in [7, 11) is 0. The lowest BCUT2D eigenvalue weighted by Gasteiger charge is -2.56. The van der Waals surface area contributed by atoms with E-state index in [0.717, 1.165) is 32.1 Å². The third-order valence-electron chi connectivity index (χ3n) is 8.45. The molecule has 0 saturated heterocycles. The second-order valence-electron chi connectivity index (χ2n) is 9.26. The summed E-state index contributed by atoms with van der Waals surface area (Å²) in [6, 6.07) is 0. The van der Waals surface area contributed by atoms with Gasteiger partial charge >= 0.3 is 0 Å². The van der Waals surface area contributed by atoms with E-state index >= 15 is 0 Å². The van der Waals surface area contributed by atoms with E-state index < -0.39 is 22.7 Å².